The Bertz CT molecular complexity index is 888. The van der Waals surface area contributed by atoms with Crippen molar-refractivity contribution in [1.82, 2.24) is 15.0 Å². The Morgan fingerprint density at radius 3 is 2.52 bits per heavy atom. The number of hydrogen-bond acceptors (Lipinski definition) is 4. The van der Waals surface area contributed by atoms with Gasteiger partial charge >= 0.3 is 0 Å². The van der Waals surface area contributed by atoms with Gasteiger partial charge in [-0.2, -0.15) is 0 Å². The van der Waals surface area contributed by atoms with E-state index < -0.39 is 23.1 Å². The third kappa shape index (κ3) is 2.93. The highest BCUT2D eigenvalue weighted by atomic mass is 35.5. The molecule has 0 fully saturated rings. The lowest BCUT2D eigenvalue weighted by Gasteiger charge is -2.07. The standard InChI is InChI=1S/C16H8ClF2N3O/c17-13-5-10(18)1-2-12(13)16(23)15-14(19)11(3-4-22-15)9-6-20-8-21-7-9/h1-8H. The SMILES string of the molecule is O=C(c1ccc(F)cc1Cl)c1nccc(-c2cncnc2)c1F. The smallest absolute Gasteiger partial charge is 0.215 e. The van der Waals surface area contributed by atoms with Crippen molar-refractivity contribution in [2.45, 2.75) is 0 Å². The van der Waals surface area contributed by atoms with Crippen LogP contribution in [0.4, 0.5) is 8.78 Å². The van der Waals surface area contributed by atoms with Crippen molar-refractivity contribution in [3.63, 3.8) is 0 Å². The molecule has 0 unspecified atom stereocenters. The Balaban J connectivity index is 2.09. The molecule has 0 atom stereocenters. The number of rotatable bonds is 3. The second-order valence-corrected chi connectivity index (χ2v) is 5.01. The van der Waals surface area contributed by atoms with Crippen LogP contribution in [0.3, 0.4) is 0 Å². The predicted molar refractivity (Wildman–Crippen MR) is 80.1 cm³/mol. The van der Waals surface area contributed by atoms with E-state index in [2.05, 4.69) is 15.0 Å². The second kappa shape index (κ2) is 6.18. The van der Waals surface area contributed by atoms with Crippen LogP contribution in [-0.4, -0.2) is 20.7 Å². The van der Waals surface area contributed by atoms with E-state index in [1.54, 1.807) is 0 Å². The second-order valence-electron chi connectivity index (χ2n) is 4.60. The van der Waals surface area contributed by atoms with Crippen molar-refractivity contribution in [2.24, 2.45) is 0 Å². The lowest BCUT2D eigenvalue weighted by molar-refractivity contribution is 0.103. The third-order valence-corrected chi connectivity index (χ3v) is 3.46. The van der Waals surface area contributed by atoms with Gasteiger partial charge < -0.3 is 0 Å². The monoisotopic (exact) mass is 331 g/mol. The average molecular weight is 332 g/mol. The molecule has 2 heterocycles. The fourth-order valence-electron chi connectivity index (χ4n) is 2.06. The molecular formula is C16H8ClF2N3O. The normalized spacial score (nSPS) is 10.6. The highest BCUT2D eigenvalue weighted by Gasteiger charge is 2.21. The van der Waals surface area contributed by atoms with Gasteiger partial charge in [0.15, 0.2) is 5.82 Å². The highest BCUT2D eigenvalue weighted by Crippen LogP contribution is 2.26. The molecular weight excluding hydrogens is 324 g/mol. The molecule has 0 aliphatic carbocycles. The van der Waals surface area contributed by atoms with E-state index in [-0.39, 0.29) is 16.1 Å². The summed E-state index contributed by atoms with van der Waals surface area (Å²) in [5.74, 6) is -2.13. The quantitative estimate of drug-likeness (QED) is 0.687. The van der Waals surface area contributed by atoms with Gasteiger partial charge in [-0.1, -0.05) is 11.6 Å². The van der Waals surface area contributed by atoms with Crippen molar-refractivity contribution < 1.29 is 13.6 Å². The minimum atomic E-state index is -0.812. The molecule has 0 bridgehead atoms. The van der Waals surface area contributed by atoms with Crippen molar-refractivity contribution >= 4 is 17.4 Å². The van der Waals surface area contributed by atoms with Crippen molar-refractivity contribution in [1.29, 1.82) is 0 Å². The zero-order valence-corrected chi connectivity index (χ0v) is 12.3. The van der Waals surface area contributed by atoms with Gasteiger partial charge in [-0.15, -0.1) is 0 Å². The summed E-state index contributed by atoms with van der Waals surface area (Å²) >= 11 is 5.85. The van der Waals surface area contributed by atoms with E-state index in [1.165, 1.54) is 37.1 Å². The summed E-state index contributed by atoms with van der Waals surface area (Å²) < 4.78 is 27.7. The molecule has 1 aromatic carbocycles. The maximum atomic E-state index is 14.6. The number of hydrogen-bond donors (Lipinski definition) is 0. The maximum Gasteiger partial charge on any atom is 0.215 e. The van der Waals surface area contributed by atoms with E-state index >= 15 is 0 Å². The number of pyridine rings is 1. The van der Waals surface area contributed by atoms with E-state index in [9.17, 15) is 13.6 Å². The lowest BCUT2D eigenvalue weighted by Crippen LogP contribution is -2.09. The molecule has 114 valence electrons. The Kier molecular flexibility index (Phi) is 4.08. The first-order chi connectivity index (χ1) is 11.1. The Morgan fingerprint density at radius 1 is 1.09 bits per heavy atom. The van der Waals surface area contributed by atoms with Gasteiger partial charge in [0.25, 0.3) is 0 Å². The molecule has 0 aliphatic rings. The number of aromatic nitrogens is 3. The van der Waals surface area contributed by atoms with E-state index in [0.29, 0.717) is 5.56 Å². The summed E-state index contributed by atoms with van der Waals surface area (Å²) in [6.07, 6.45) is 5.46. The van der Waals surface area contributed by atoms with E-state index in [4.69, 9.17) is 11.6 Å². The van der Waals surface area contributed by atoms with Gasteiger partial charge in [-0.05, 0) is 24.3 Å². The molecule has 0 saturated carbocycles. The summed E-state index contributed by atoms with van der Waals surface area (Å²) in [6, 6.07) is 4.67. The molecule has 0 spiro atoms. The van der Waals surface area contributed by atoms with Crippen LogP contribution >= 0.6 is 11.6 Å². The van der Waals surface area contributed by atoms with Crippen molar-refractivity contribution in [3.05, 3.63) is 77.1 Å². The number of nitrogens with zero attached hydrogens (tertiary/aromatic N) is 3. The first-order valence-corrected chi connectivity index (χ1v) is 6.85. The zero-order chi connectivity index (χ0) is 16.4. The number of carbonyl (C=O) groups is 1. The van der Waals surface area contributed by atoms with Gasteiger partial charge in [0.2, 0.25) is 5.78 Å². The average Bonchev–Trinajstić information content (AvgIpc) is 2.55. The summed E-state index contributed by atoms with van der Waals surface area (Å²) in [4.78, 5) is 23.9. The minimum Gasteiger partial charge on any atom is -0.287 e. The van der Waals surface area contributed by atoms with Crippen LogP contribution in [0.1, 0.15) is 16.1 Å². The summed E-state index contributed by atoms with van der Waals surface area (Å²) in [5, 5.41) is -0.107. The molecule has 23 heavy (non-hydrogen) atoms. The zero-order valence-electron chi connectivity index (χ0n) is 11.5. The predicted octanol–water partition coefficient (Wildman–Crippen LogP) is 3.70. The summed E-state index contributed by atoms with van der Waals surface area (Å²) in [7, 11) is 0. The van der Waals surface area contributed by atoms with E-state index in [1.807, 2.05) is 0 Å². The topological polar surface area (TPSA) is 55.7 Å². The number of benzene rings is 1. The van der Waals surface area contributed by atoms with Gasteiger partial charge in [0.05, 0.1) is 5.02 Å². The third-order valence-electron chi connectivity index (χ3n) is 3.15. The van der Waals surface area contributed by atoms with E-state index in [0.717, 1.165) is 12.1 Å². The van der Waals surface area contributed by atoms with Crippen molar-refractivity contribution in [3.8, 4) is 11.1 Å². The molecule has 0 N–H and O–H groups in total. The number of halogens is 3. The summed E-state index contributed by atoms with van der Waals surface area (Å²) in [5.41, 5.74) is 0.120. The fourth-order valence-corrected chi connectivity index (χ4v) is 2.32. The molecule has 4 nitrogen and oxygen atoms in total. The lowest BCUT2D eigenvalue weighted by atomic mass is 10.0. The number of carbonyl (C=O) groups excluding carboxylic acids is 1. The Morgan fingerprint density at radius 2 is 1.83 bits per heavy atom. The number of ketones is 1. The minimum absolute atomic E-state index is 0.0269. The fraction of sp³-hybridized carbons (Fsp3) is 0. The van der Waals surface area contributed by atoms with Gasteiger partial charge in [0.1, 0.15) is 17.8 Å². The molecule has 7 heteroatoms. The molecule has 0 amide bonds. The first kappa shape index (κ1) is 15.2. The molecule has 0 radical (unpaired) electrons. The van der Waals surface area contributed by atoms with Crippen LogP contribution in [0.2, 0.25) is 5.02 Å². The molecule has 3 rings (SSSR count). The molecule has 3 aromatic rings. The maximum absolute atomic E-state index is 14.6. The largest absolute Gasteiger partial charge is 0.287 e. The summed E-state index contributed by atoms with van der Waals surface area (Å²) in [6.45, 7) is 0. The van der Waals surface area contributed by atoms with Crippen LogP contribution in [-0.2, 0) is 0 Å². The van der Waals surface area contributed by atoms with Gasteiger partial charge in [0, 0.05) is 35.3 Å². The Labute approximate surface area is 134 Å². The van der Waals surface area contributed by atoms with Gasteiger partial charge in [-0.25, -0.2) is 23.7 Å². The van der Waals surface area contributed by atoms with Crippen molar-refractivity contribution in [2.75, 3.05) is 0 Å². The Hall–Kier alpha value is -2.73. The van der Waals surface area contributed by atoms with Crippen LogP contribution in [0.25, 0.3) is 11.1 Å². The molecule has 0 aliphatic heterocycles. The van der Waals surface area contributed by atoms with Crippen LogP contribution in [0.15, 0.2) is 49.2 Å². The molecule has 0 saturated heterocycles. The van der Waals surface area contributed by atoms with Gasteiger partial charge in [-0.3, -0.25) is 4.79 Å². The van der Waals surface area contributed by atoms with Crippen LogP contribution in [0.5, 0.6) is 0 Å². The molecule has 2 aromatic heterocycles. The first-order valence-electron chi connectivity index (χ1n) is 6.47. The highest BCUT2D eigenvalue weighted by molar-refractivity contribution is 6.34. The van der Waals surface area contributed by atoms with Crippen LogP contribution in [0, 0.1) is 11.6 Å². The van der Waals surface area contributed by atoms with Crippen LogP contribution < -0.4 is 0 Å².